The molecule has 0 spiro atoms. The third kappa shape index (κ3) is 3.14. The lowest BCUT2D eigenvalue weighted by atomic mass is 10.3. The van der Waals surface area contributed by atoms with Gasteiger partial charge < -0.3 is 4.43 Å². The summed E-state index contributed by atoms with van der Waals surface area (Å²) in [5.41, 5.74) is 0. The van der Waals surface area contributed by atoms with Crippen molar-refractivity contribution in [1.82, 2.24) is 0 Å². The fraction of sp³-hybridized carbons (Fsp3) is 1.00. The molecule has 0 N–H and O–H groups in total. The van der Waals surface area contributed by atoms with Crippen LogP contribution in [0.5, 0.6) is 0 Å². The van der Waals surface area contributed by atoms with Gasteiger partial charge in [-0.15, -0.1) is 0 Å². The molecule has 1 aliphatic rings. The highest BCUT2D eigenvalue weighted by atomic mass is 29.5. The van der Waals surface area contributed by atoms with E-state index < -0.39 is 0 Å². The van der Waals surface area contributed by atoms with E-state index in [1.54, 1.807) is 6.04 Å². The second-order valence-corrected chi connectivity index (χ2v) is 19.5. The molecule has 0 aromatic carbocycles. The van der Waals surface area contributed by atoms with Gasteiger partial charge in [0, 0.05) is 23.5 Å². The summed E-state index contributed by atoms with van der Waals surface area (Å²) in [6.45, 7) is 5.90. The third-order valence-corrected chi connectivity index (χ3v) is 22.2. The lowest BCUT2D eigenvalue weighted by Crippen LogP contribution is -2.36. The van der Waals surface area contributed by atoms with E-state index >= 15 is 0 Å². The first-order chi connectivity index (χ1) is 4.79. The van der Waals surface area contributed by atoms with Crippen molar-refractivity contribution < 1.29 is 4.43 Å². The van der Waals surface area contributed by atoms with Crippen LogP contribution in [-0.2, 0) is 4.43 Å². The van der Waals surface area contributed by atoms with Gasteiger partial charge in [-0.05, 0) is 12.0 Å². The number of hydrogen-bond acceptors (Lipinski definition) is 1. The Hall–Kier alpha value is 0.611. The minimum absolute atomic E-state index is 0.108. The lowest BCUT2D eigenvalue weighted by Gasteiger charge is -2.21. The average molecular weight is 190 g/mol. The molecule has 0 saturated carbocycles. The largest absolute Gasteiger partial charge is 0.428 e. The number of hydrogen-bond donors (Lipinski definition) is 0. The molecule has 0 amide bonds. The summed E-state index contributed by atoms with van der Waals surface area (Å²) in [6, 6.07) is 3.15. The summed E-state index contributed by atoms with van der Waals surface area (Å²) in [4.78, 5) is 0. The van der Waals surface area contributed by atoms with Crippen LogP contribution in [0.4, 0.5) is 0 Å². The molecule has 1 atom stereocenters. The molecule has 1 aliphatic heterocycles. The fourth-order valence-electron chi connectivity index (χ4n) is 1.65. The summed E-state index contributed by atoms with van der Waals surface area (Å²) in [5.74, 6) is 0.983. The van der Waals surface area contributed by atoms with Crippen LogP contribution in [0.1, 0.15) is 13.8 Å². The van der Waals surface area contributed by atoms with Gasteiger partial charge in [-0.1, -0.05) is 19.9 Å². The Labute approximate surface area is 69.5 Å². The molecule has 1 rings (SSSR count). The molecular formula is C6H18OSi3. The van der Waals surface area contributed by atoms with E-state index in [-0.39, 0.29) is 17.6 Å². The first-order valence-corrected chi connectivity index (χ1v) is 13.8. The van der Waals surface area contributed by atoms with Crippen LogP contribution >= 0.6 is 0 Å². The Bertz CT molecular complexity index is 91.0. The molecule has 1 nitrogen and oxygen atoms in total. The predicted octanol–water partition coefficient (Wildman–Crippen LogP) is -0.436. The summed E-state index contributed by atoms with van der Waals surface area (Å²) < 4.78 is 5.52. The molecular weight excluding hydrogens is 172 g/mol. The van der Waals surface area contributed by atoms with Crippen LogP contribution in [0, 0.1) is 5.92 Å². The van der Waals surface area contributed by atoms with E-state index in [2.05, 4.69) is 13.8 Å². The smallest absolute Gasteiger partial charge is 0.140 e. The predicted molar refractivity (Wildman–Crippen MR) is 54.6 cm³/mol. The van der Waals surface area contributed by atoms with E-state index in [1.807, 2.05) is 0 Å². The first kappa shape index (κ1) is 8.70. The maximum Gasteiger partial charge on any atom is 0.140 e. The quantitative estimate of drug-likeness (QED) is 0.537. The Morgan fingerprint density at radius 2 is 2.40 bits per heavy atom. The van der Waals surface area contributed by atoms with Gasteiger partial charge in [0.25, 0.3) is 0 Å². The zero-order valence-electron chi connectivity index (χ0n) is 7.10. The van der Waals surface area contributed by atoms with Gasteiger partial charge >= 0.3 is 0 Å². The summed E-state index contributed by atoms with van der Waals surface area (Å²) >= 11 is 0. The van der Waals surface area contributed by atoms with Crippen LogP contribution in [0.3, 0.4) is 0 Å². The van der Waals surface area contributed by atoms with Crippen molar-refractivity contribution in [2.24, 2.45) is 5.92 Å². The minimum Gasteiger partial charge on any atom is -0.428 e. The van der Waals surface area contributed by atoms with Gasteiger partial charge in [-0.2, -0.15) is 0 Å². The zero-order chi connectivity index (χ0) is 7.40. The van der Waals surface area contributed by atoms with Gasteiger partial charge in [0.15, 0.2) is 0 Å². The Balaban J connectivity index is 2.13. The highest BCUT2D eigenvalue weighted by molar-refractivity contribution is 7.35. The van der Waals surface area contributed by atoms with E-state index in [0.717, 1.165) is 12.5 Å². The molecule has 1 unspecified atom stereocenters. The van der Waals surface area contributed by atoms with E-state index in [1.165, 1.54) is 6.04 Å². The lowest BCUT2D eigenvalue weighted by molar-refractivity contribution is 0.366. The fourth-order valence-corrected chi connectivity index (χ4v) is 20.9. The molecule has 0 bridgehead atoms. The summed E-state index contributed by atoms with van der Waals surface area (Å²) in [5, 5.41) is 0. The second kappa shape index (κ2) is 4.48. The molecule has 10 heavy (non-hydrogen) atoms. The highest BCUT2D eigenvalue weighted by Gasteiger charge is 2.16. The molecule has 0 aliphatic carbocycles. The number of rotatable bonds is 2. The van der Waals surface area contributed by atoms with Crippen molar-refractivity contribution in [1.29, 1.82) is 0 Å². The van der Waals surface area contributed by atoms with Crippen molar-refractivity contribution in [3.8, 4) is 0 Å². The summed E-state index contributed by atoms with van der Waals surface area (Å²) in [7, 11) is 0.446. The van der Waals surface area contributed by atoms with Crippen molar-refractivity contribution in [2.75, 3.05) is 6.61 Å². The maximum absolute atomic E-state index is 5.52. The average Bonchev–Trinajstić information content (AvgIpc) is 1.88. The SMILES string of the molecule is CC(C)C[SiH]1CCO[SiH2][SiH2]1. The molecule has 60 valence electrons. The highest BCUT2D eigenvalue weighted by Crippen LogP contribution is 2.10. The van der Waals surface area contributed by atoms with E-state index in [4.69, 9.17) is 4.43 Å². The van der Waals surface area contributed by atoms with Crippen molar-refractivity contribution >= 4 is 26.1 Å². The monoisotopic (exact) mass is 190 g/mol. The van der Waals surface area contributed by atoms with Crippen LogP contribution in [0.2, 0.25) is 12.1 Å². The topological polar surface area (TPSA) is 9.23 Å². The van der Waals surface area contributed by atoms with Crippen molar-refractivity contribution in [3.05, 3.63) is 0 Å². The van der Waals surface area contributed by atoms with Crippen molar-refractivity contribution in [3.63, 3.8) is 0 Å². The first-order valence-electron chi connectivity index (χ1n) is 4.37. The molecule has 0 aromatic heterocycles. The molecule has 0 aromatic rings. The Morgan fingerprint density at radius 1 is 1.60 bits per heavy atom. The molecule has 4 heteroatoms. The third-order valence-electron chi connectivity index (χ3n) is 2.15. The zero-order valence-corrected chi connectivity index (χ0v) is 11.1. The second-order valence-electron chi connectivity index (χ2n) is 3.69. The molecule has 1 saturated heterocycles. The Morgan fingerprint density at radius 3 is 2.90 bits per heavy atom. The maximum atomic E-state index is 5.52. The van der Waals surface area contributed by atoms with Crippen LogP contribution < -0.4 is 0 Å². The molecule has 1 heterocycles. The standard InChI is InChI=1S/C6H18OSi3/c1-6(2)5-10-4-3-7-8-9-10/h6,10H,3-5,8-9H2,1-2H3. The van der Waals surface area contributed by atoms with Gasteiger partial charge in [-0.3, -0.25) is 0 Å². The van der Waals surface area contributed by atoms with Gasteiger partial charge in [0.2, 0.25) is 0 Å². The summed E-state index contributed by atoms with van der Waals surface area (Å²) in [6.07, 6.45) is 0. The van der Waals surface area contributed by atoms with Crippen LogP contribution in [0.15, 0.2) is 0 Å². The van der Waals surface area contributed by atoms with Crippen molar-refractivity contribution in [2.45, 2.75) is 25.9 Å². The van der Waals surface area contributed by atoms with E-state index in [9.17, 15) is 0 Å². The van der Waals surface area contributed by atoms with Gasteiger partial charge in [0.1, 0.15) is 9.28 Å². The normalized spacial score (nSPS) is 32.1. The Kier molecular flexibility index (Phi) is 3.90. The van der Waals surface area contributed by atoms with Gasteiger partial charge in [0.05, 0.1) is 0 Å². The van der Waals surface area contributed by atoms with Crippen LogP contribution in [-0.4, -0.2) is 32.8 Å². The minimum atomic E-state index is -0.108. The van der Waals surface area contributed by atoms with Crippen LogP contribution in [0.25, 0.3) is 0 Å². The van der Waals surface area contributed by atoms with E-state index in [0.29, 0.717) is 8.55 Å². The van der Waals surface area contributed by atoms with Gasteiger partial charge in [-0.25, -0.2) is 0 Å². The molecule has 1 fully saturated rings. The molecule has 0 radical (unpaired) electrons.